The van der Waals surface area contributed by atoms with Crippen LogP contribution in [0.15, 0.2) is 11.1 Å². The zero-order valence-corrected chi connectivity index (χ0v) is 17.6. The number of imidazole rings is 1. The van der Waals surface area contributed by atoms with Gasteiger partial charge in [-0.05, 0) is 0 Å². The number of aromatic amines is 1. The number of carbonyl (C=O) groups is 4. The van der Waals surface area contributed by atoms with Gasteiger partial charge in [0, 0.05) is 27.7 Å². The van der Waals surface area contributed by atoms with E-state index in [0.29, 0.717) is 0 Å². The highest BCUT2D eigenvalue weighted by Crippen LogP contribution is 2.35. The van der Waals surface area contributed by atoms with Gasteiger partial charge in [-0.3, -0.25) is 38.8 Å². The fourth-order valence-corrected chi connectivity index (χ4v) is 3.26. The number of carbonyl (C=O) groups excluding carboxylic acids is 4. The number of nitrogens with one attached hydrogen (secondary N) is 2. The van der Waals surface area contributed by atoms with E-state index in [0.717, 1.165) is 13.8 Å². The van der Waals surface area contributed by atoms with Crippen LogP contribution >= 0.6 is 0 Å². The zero-order chi connectivity index (χ0) is 23.6. The molecule has 1 fully saturated rings. The maximum atomic E-state index is 12.3. The number of esters is 3. The molecule has 1 aliphatic rings. The maximum Gasteiger partial charge on any atom is 0.303 e. The van der Waals surface area contributed by atoms with E-state index < -0.39 is 53.9 Å². The van der Waals surface area contributed by atoms with Gasteiger partial charge in [0.2, 0.25) is 11.9 Å². The number of hydrogen-bond acceptors (Lipinski definition) is 11. The number of hydrogen-bond donors (Lipinski definition) is 2. The van der Waals surface area contributed by atoms with Crippen LogP contribution in [0, 0.1) is 0 Å². The number of rotatable bonds is 6. The standard InChI is InChI=1S/C18H21N5O9/c1-7(24)20-18-21-15-12(16(28)22-18)19-6-23(15)17-14(31-10(4)27)13(30-9(3)26)11(32-17)5-29-8(2)25/h6,11,13-14,17H,5H2,1-4H3,(H2,20,21,22,24,28). The fraction of sp³-hybridized carbons (Fsp3) is 0.500. The molecule has 4 atom stereocenters. The van der Waals surface area contributed by atoms with Gasteiger partial charge >= 0.3 is 17.9 Å². The number of aromatic nitrogens is 4. The van der Waals surface area contributed by atoms with E-state index in [1.165, 1.54) is 24.7 Å². The Morgan fingerprint density at radius 1 is 1.09 bits per heavy atom. The molecule has 3 rings (SSSR count). The van der Waals surface area contributed by atoms with Crippen LogP contribution in [0.2, 0.25) is 0 Å². The molecule has 1 amide bonds. The van der Waals surface area contributed by atoms with Crippen LogP contribution in [0.5, 0.6) is 0 Å². The maximum absolute atomic E-state index is 12.3. The Kier molecular flexibility index (Phi) is 6.53. The summed E-state index contributed by atoms with van der Waals surface area (Å²) in [7, 11) is 0. The van der Waals surface area contributed by atoms with Crippen molar-refractivity contribution < 1.29 is 38.1 Å². The Bertz CT molecular complexity index is 1120. The molecule has 32 heavy (non-hydrogen) atoms. The molecule has 172 valence electrons. The summed E-state index contributed by atoms with van der Waals surface area (Å²) in [5.41, 5.74) is -0.696. The molecule has 2 N–H and O–H groups in total. The predicted octanol–water partition coefficient (Wildman–Crippen LogP) is -0.598. The lowest BCUT2D eigenvalue weighted by Crippen LogP contribution is -2.40. The summed E-state index contributed by atoms with van der Waals surface area (Å²) < 4.78 is 22.8. The van der Waals surface area contributed by atoms with E-state index in [4.69, 9.17) is 18.9 Å². The average Bonchev–Trinajstić information content (AvgIpc) is 3.21. The quantitative estimate of drug-likeness (QED) is 0.423. The second-order valence-corrected chi connectivity index (χ2v) is 6.94. The first kappa shape index (κ1) is 22.9. The second-order valence-electron chi connectivity index (χ2n) is 6.94. The van der Waals surface area contributed by atoms with Crippen LogP contribution in [0.4, 0.5) is 5.95 Å². The highest BCUT2D eigenvalue weighted by atomic mass is 16.7. The van der Waals surface area contributed by atoms with Gasteiger partial charge in [-0.25, -0.2) is 4.98 Å². The molecule has 1 aliphatic heterocycles. The third-order valence-electron chi connectivity index (χ3n) is 4.34. The lowest BCUT2D eigenvalue weighted by molar-refractivity contribution is -0.166. The van der Waals surface area contributed by atoms with Crippen molar-refractivity contribution >= 4 is 40.9 Å². The minimum absolute atomic E-state index is 0.00867. The summed E-state index contributed by atoms with van der Waals surface area (Å²) in [4.78, 5) is 69.0. The van der Waals surface area contributed by atoms with Crippen molar-refractivity contribution in [3.05, 3.63) is 16.7 Å². The normalized spacial score (nSPS) is 22.4. The first-order valence-electron chi connectivity index (χ1n) is 9.44. The number of ether oxygens (including phenoxy) is 4. The molecule has 2 aromatic heterocycles. The molecule has 14 nitrogen and oxygen atoms in total. The van der Waals surface area contributed by atoms with Gasteiger partial charge in [-0.15, -0.1) is 0 Å². The van der Waals surface area contributed by atoms with E-state index in [2.05, 4.69) is 20.3 Å². The van der Waals surface area contributed by atoms with Crippen LogP contribution in [-0.2, 0) is 38.1 Å². The zero-order valence-electron chi connectivity index (χ0n) is 17.6. The summed E-state index contributed by atoms with van der Waals surface area (Å²) in [6.45, 7) is 4.46. The summed E-state index contributed by atoms with van der Waals surface area (Å²) in [6, 6.07) is 0. The van der Waals surface area contributed by atoms with Crippen LogP contribution < -0.4 is 10.9 Å². The molecule has 0 bridgehead atoms. The summed E-state index contributed by atoms with van der Waals surface area (Å²) in [5, 5.41) is 2.37. The Balaban J connectivity index is 2.07. The predicted molar refractivity (Wildman–Crippen MR) is 104 cm³/mol. The second kappa shape index (κ2) is 9.13. The van der Waals surface area contributed by atoms with Gasteiger partial charge in [-0.1, -0.05) is 0 Å². The number of amides is 1. The fourth-order valence-electron chi connectivity index (χ4n) is 3.26. The molecule has 1 saturated heterocycles. The molecular weight excluding hydrogens is 430 g/mol. The largest absolute Gasteiger partial charge is 0.463 e. The van der Waals surface area contributed by atoms with Crippen molar-refractivity contribution in [3.8, 4) is 0 Å². The van der Waals surface area contributed by atoms with Crippen molar-refractivity contribution in [1.29, 1.82) is 0 Å². The van der Waals surface area contributed by atoms with Crippen molar-refractivity contribution in [2.75, 3.05) is 11.9 Å². The van der Waals surface area contributed by atoms with Gasteiger partial charge in [0.05, 0.1) is 6.33 Å². The average molecular weight is 451 g/mol. The first-order chi connectivity index (χ1) is 15.1. The third kappa shape index (κ3) is 4.91. The highest BCUT2D eigenvalue weighted by molar-refractivity contribution is 5.87. The molecule has 0 aliphatic carbocycles. The summed E-state index contributed by atoms with van der Waals surface area (Å²) in [5.74, 6) is -2.56. The summed E-state index contributed by atoms with van der Waals surface area (Å²) in [6.07, 6.45) is -3.22. The molecule has 3 heterocycles. The third-order valence-corrected chi connectivity index (χ3v) is 4.34. The molecule has 4 unspecified atom stereocenters. The van der Waals surface area contributed by atoms with Crippen molar-refractivity contribution in [2.45, 2.75) is 52.2 Å². The van der Waals surface area contributed by atoms with Gasteiger partial charge in [-0.2, -0.15) is 4.98 Å². The Morgan fingerprint density at radius 3 is 2.34 bits per heavy atom. The van der Waals surface area contributed by atoms with Crippen molar-refractivity contribution in [3.63, 3.8) is 0 Å². The number of H-pyrrole nitrogens is 1. The van der Waals surface area contributed by atoms with E-state index in [-0.39, 0.29) is 23.7 Å². The molecule has 2 aromatic rings. The minimum Gasteiger partial charge on any atom is -0.463 e. The molecule has 0 aromatic carbocycles. The van der Waals surface area contributed by atoms with Crippen molar-refractivity contribution in [2.24, 2.45) is 0 Å². The van der Waals surface area contributed by atoms with E-state index in [1.54, 1.807) is 0 Å². The smallest absolute Gasteiger partial charge is 0.303 e. The lowest BCUT2D eigenvalue weighted by Gasteiger charge is -2.23. The van der Waals surface area contributed by atoms with Gasteiger partial charge in [0.1, 0.15) is 12.7 Å². The van der Waals surface area contributed by atoms with Gasteiger partial charge < -0.3 is 18.9 Å². The molecular formula is C18H21N5O9. The Hall–Kier alpha value is -3.81. The Morgan fingerprint density at radius 2 is 1.75 bits per heavy atom. The molecule has 14 heteroatoms. The van der Waals surface area contributed by atoms with Crippen LogP contribution in [0.25, 0.3) is 11.2 Å². The monoisotopic (exact) mass is 451 g/mol. The number of nitrogens with zero attached hydrogens (tertiary/aromatic N) is 3. The van der Waals surface area contributed by atoms with E-state index in [1.807, 2.05) is 0 Å². The van der Waals surface area contributed by atoms with E-state index in [9.17, 15) is 24.0 Å². The topological polar surface area (TPSA) is 181 Å². The SMILES string of the molecule is CC(=O)Nc1nc2c(ncn2C2OC(COC(C)=O)C(OC(C)=O)C2OC(C)=O)c(=O)[nH]1. The number of anilines is 1. The number of fused-ring (bicyclic) bond motifs is 1. The van der Waals surface area contributed by atoms with Crippen LogP contribution in [-0.4, -0.2) is 68.3 Å². The molecule has 0 radical (unpaired) electrons. The lowest BCUT2D eigenvalue weighted by atomic mass is 10.1. The highest BCUT2D eigenvalue weighted by Gasteiger charge is 2.51. The van der Waals surface area contributed by atoms with Crippen LogP contribution in [0.3, 0.4) is 0 Å². The van der Waals surface area contributed by atoms with Gasteiger partial charge in [0.25, 0.3) is 5.56 Å². The van der Waals surface area contributed by atoms with Crippen LogP contribution in [0.1, 0.15) is 33.9 Å². The summed E-state index contributed by atoms with van der Waals surface area (Å²) >= 11 is 0. The van der Waals surface area contributed by atoms with E-state index >= 15 is 0 Å². The molecule has 0 saturated carbocycles. The Labute approximate surface area is 180 Å². The van der Waals surface area contributed by atoms with Gasteiger partial charge in [0.15, 0.2) is 29.6 Å². The first-order valence-corrected chi connectivity index (χ1v) is 9.44. The van der Waals surface area contributed by atoms with Crippen molar-refractivity contribution in [1.82, 2.24) is 19.5 Å². The minimum atomic E-state index is -1.18. The molecule has 0 spiro atoms.